The Labute approximate surface area is 466 Å². The highest BCUT2D eigenvalue weighted by atomic mass is 35.5. The van der Waals surface area contributed by atoms with Gasteiger partial charge in [-0.1, -0.05) is 37.4 Å². The van der Waals surface area contributed by atoms with Crippen LogP contribution in [0.2, 0.25) is 5.28 Å². The van der Waals surface area contributed by atoms with E-state index in [0.717, 1.165) is 78.7 Å². The Morgan fingerprint density at radius 2 is 1.05 bits per heavy atom. The van der Waals surface area contributed by atoms with Gasteiger partial charge in [-0.25, -0.2) is 15.0 Å². The van der Waals surface area contributed by atoms with Crippen LogP contribution in [-0.2, 0) is 19.2 Å². The van der Waals surface area contributed by atoms with Crippen LogP contribution < -0.4 is 41.8 Å². The van der Waals surface area contributed by atoms with E-state index in [-0.39, 0.29) is 28.9 Å². The Hall–Kier alpha value is -8.51. The number of fused-ring (bicyclic) bond motifs is 2. The summed E-state index contributed by atoms with van der Waals surface area (Å²) in [4.78, 5) is 67.3. The predicted molar refractivity (Wildman–Crippen MR) is 312 cm³/mol. The zero-order valence-electron chi connectivity index (χ0n) is 45.5. The number of rotatable bonds is 14. The van der Waals surface area contributed by atoms with E-state index in [4.69, 9.17) is 26.8 Å². The van der Waals surface area contributed by atoms with E-state index in [9.17, 15) is 19.2 Å². The number of halogens is 1. The van der Waals surface area contributed by atoms with Crippen LogP contribution in [0.1, 0.15) is 73.6 Å². The lowest BCUT2D eigenvalue weighted by atomic mass is 9.95. The highest BCUT2D eigenvalue weighted by molar-refractivity contribution is 6.28. The van der Waals surface area contributed by atoms with Gasteiger partial charge in [0.15, 0.2) is 0 Å². The third-order valence-corrected chi connectivity index (χ3v) is 15.3. The van der Waals surface area contributed by atoms with Crippen LogP contribution >= 0.6 is 11.6 Å². The van der Waals surface area contributed by atoms with Crippen molar-refractivity contribution in [3.05, 3.63) is 150 Å². The number of aryl methyl sites for hydroxylation is 2. The molecule has 0 bridgehead atoms. The molecule has 2 aliphatic heterocycles. The Kier molecular flexibility index (Phi) is 18.5. The zero-order valence-corrected chi connectivity index (χ0v) is 46.3. The minimum Gasteiger partial charge on any atom is -0.495 e. The van der Waals surface area contributed by atoms with Crippen LogP contribution in [0.15, 0.2) is 123 Å². The summed E-state index contributed by atoms with van der Waals surface area (Å²) in [6.45, 7) is 17.7. The van der Waals surface area contributed by atoms with Crippen molar-refractivity contribution in [3.8, 4) is 11.5 Å². The summed E-state index contributed by atoms with van der Waals surface area (Å²) < 4.78 is 11.0. The quantitative estimate of drug-likeness (QED) is 0.0339. The first-order valence-electron chi connectivity index (χ1n) is 26.3. The number of hydrogen-bond donors (Lipinski definition) is 6. The average Bonchev–Trinajstić information content (AvgIpc) is 4.33. The Morgan fingerprint density at radius 1 is 0.608 bits per heavy atom. The Bertz CT molecular complexity index is 3200. The molecule has 2 aromatic heterocycles. The topological polar surface area (TPSA) is 231 Å². The fourth-order valence-electron chi connectivity index (χ4n) is 11.0. The lowest BCUT2D eigenvalue weighted by molar-refractivity contribution is -0.128. The molecular formula is C60H69ClN12O6. The van der Waals surface area contributed by atoms with Crippen molar-refractivity contribution in [2.24, 2.45) is 23.7 Å². The number of methoxy groups -OCH3 is 2. The SMILES string of the molecule is C=CC(=O)Nc1cccc(Nc2nc(Cl)ncc2C)c1.C=CC(=O)Nc1cccc(Nc2nc(Nc3ccc(C4C[C@@H]5CN(C(C)=O)C[C@@H]5C4)cc3OC)ncc2C)c1.COc1cc(C2C[C@@H]3CN(C(C)=O)C[C@@H]3C2)ccc1N. The summed E-state index contributed by atoms with van der Waals surface area (Å²) in [7, 11) is 3.32. The van der Waals surface area contributed by atoms with Crippen LogP contribution in [0.5, 0.6) is 11.5 Å². The number of likely N-dealkylation sites (tertiary alicyclic amines) is 2. The monoisotopic (exact) mass is 1090 g/mol. The van der Waals surface area contributed by atoms with E-state index >= 15 is 0 Å². The third kappa shape index (κ3) is 14.6. The number of anilines is 9. The van der Waals surface area contributed by atoms with E-state index < -0.39 is 0 Å². The largest absolute Gasteiger partial charge is 0.495 e. The van der Waals surface area contributed by atoms with Gasteiger partial charge in [0, 0.05) is 86.3 Å². The average molecular weight is 1090 g/mol. The van der Waals surface area contributed by atoms with E-state index in [2.05, 4.69) is 83.9 Å². The molecule has 0 radical (unpaired) electrons. The summed E-state index contributed by atoms with van der Waals surface area (Å²) in [6, 6.07) is 27.0. The molecule has 2 aliphatic carbocycles. The molecule has 79 heavy (non-hydrogen) atoms. The molecule has 4 aromatic carbocycles. The lowest BCUT2D eigenvalue weighted by Crippen LogP contribution is -2.27. The molecule has 6 aromatic rings. The van der Waals surface area contributed by atoms with Crippen molar-refractivity contribution >= 4 is 86.9 Å². The van der Waals surface area contributed by atoms with Crippen molar-refractivity contribution in [2.45, 2.75) is 65.2 Å². The summed E-state index contributed by atoms with van der Waals surface area (Å²) >= 11 is 5.77. The summed E-state index contributed by atoms with van der Waals surface area (Å²) in [5, 5.41) is 15.4. The molecule has 4 aliphatic rings. The van der Waals surface area contributed by atoms with Crippen molar-refractivity contribution in [1.82, 2.24) is 29.7 Å². The molecule has 6 atom stereocenters. The number of carbonyl (C=O) groups is 4. The number of nitrogen functional groups attached to an aromatic ring is 1. The number of carbonyl (C=O) groups excluding carboxylic acids is 4. The standard InChI is InChI=1S/C30H34N6O3.C16H22N2O2.C14H13ClN4O/c1-5-28(38)32-24-7-6-8-25(14-24)33-29-18(2)15-31-30(35-29)34-26-10-9-20(13-27(26)39-4)21-11-22-16-36(19(3)37)17-23(22)12-21;1-10(19)18-8-13-5-12(6-14(13)9-18)11-3-4-15(17)16(7-11)20-2;1-3-12(20)17-10-5-4-6-11(7-10)18-13-9(2)8-16-14(15)19-13/h5-10,13-15,21-23H,1,11-12,16-17H2,2-4H3,(H,32,38)(H2,31,33,34,35);3-4,7,12-14H,5-6,8-9,17H2,1-2H3;3-8H,1H2,2H3,(H,17,20)(H,16,18,19)/t21?,22-,23+;12?,13-,14+;. The molecule has 19 heteroatoms. The number of nitrogens with one attached hydrogen (secondary N) is 5. The molecule has 10 rings (SSSR count). The van der Waals surface area contributed by atoms with Gasteiger partial charge in [0.2, 0.25) is 34.9 Å². The number of aromatic nitrogens is 4. The van der Waals surface area contributed by atoms with Crippen LogP contribution in [-0.4, -0.2) is 93.8 Å². The maximum Gasteiger partial charge on any atom is 0.247 e. The van der Waals surface area contributed by atoms with Gasteiger partial charge in [0.25, 0.3) is 0 Å². The van der Waals surface area contributed by atoms with Crippen molar-refractivity contribution in [3.63, 3.8) is 0 Å². The molecule has 4 amide bonds. The molecule has 18 nitrogen and oxygen atoms in total. The number of amides is 4. The third-order valence-electron chi connectivity index (χ3n) is 15.1. The second kappa shape index (κ2) is 25.8. The first-order chi connectivity index (χ1) is 38.0. The number of nitrogens with two attached hydrogens (primary N) is 1. The van der Waals surface area contributed by atoms with Crippen LogP contribution in [0.4, 0.5) is 51.7 Å². The lowest BCUT2D eigenvalue weighted by Gasteiger charge is -2.19. The van der Waals surface area contributed by atoms with Gasteiger partial charge in [-0.05, 0) is 171 Å². The fourth-order valence-corrected chi connectivity index (χ4v) is 11.1. The van der Waals surface area contributed by atoms with E-state index in [0.29, 0.717) is 70.2 Å². The predicted octanol–water partition coefficient (Wildman–Crippen LogP) is 10.9. The van der Waals surface area contributed by atoms with Crippen LogP contribution in [0.3, 0.4) is 0 Å². The van der Waals surface area contributed by atoms with Gasteiger partial charge in [0.05, 0.1) is 25.6 Å². The molecule has 412 valence electrons. The molecule has 7 N–H and O–H groups in total. The van der Waals surface area contributed by atoms with Crippen molar-refractivity contribution in [2.75, 3.05) is 72.7 Å². The highest BCUT2D eigenvalue weighted by Gasteiger charge is 2.43. The smallest absolute Gasteiger partial charge is 0.247 e. The number of nitrogens with zero attached hydrogens (tertiary/aromatic N) is 6. The first kappa shape index (κ1) is 56.7. The van der Waals surface area contributed by atoms with Gasteiger partial charge in [0.1, 0.15) is 23.1 Å². The fraction of sp³-hybridized carbons (Fsp3) is 0.333. The summed E-state index contributed by atoms with van der Waals surface area (Å²) in [6.07, 6.45) is 10.4. The summed E-state index contributed by atoms with van der Waals surface area (Å²) in [5.41, 5.74) is 14.6. The molecule has 4 fully saturated rings. The van der Waals surface area contributed by atoms with Crippen molar-refractivity contribution in [1.29, 1.82) is 0 Å². The molecule has 2 saturated heterocycles. The molecular weight excluding hydrogens is 1020 g/mol. The van der Waals surface area contributed by atoms with Crippen LogP contribution in [0.25, 0.3) is 0 Å². The highest BCUT2D eigenvalue weighted by Crippen LogP contribution is 2.48. The second-order valence-electron chi connectivity index (χ2n) is 20.5. The van der Waals surface area contributed by atoms with Gasteiger partial charge in [-0.3, -0.25) is 19.2 Å². The zero-order chi connectivity index (χ0) is 56.3. The minimum atomic E-state index is -0.271. The van der Waals surface area contributed by atoms with Crippen LogP contribution in [0, 0.1) is 37.5 Å². The number of hydrogen-bond acceptors (Lipinski definition) is 14. The molecule has 2 saturated carbocycles. The number of ether oxygens (including phenoxy) is 2. The second-order valence-corrected chi connectivity index (χ2v) is 20.8. The van der Waals surface area contributed by atoms with E-state index in [1.165, 1.54) is 36.1 Å². The molecule has 2 unspecified atom stereocenters. The maximum absolute atomic E-state index is 11.8. The Balaban J connectivity index is 0.000000172. The maximum atomic E-state index is 11.8. The first-order valence-corrected chi connectivity index (χ1v) is 26.7. The minimum absolute atomic E-state index is 0.175. The normalized spacial score (nSPS) is 19.5. The van der Waals surface area contributed by atoms with Gasteiger partial charge < -0.3 is 51.6 Å². The van der Waals surface area contributed by atoms with E-state index in [1.807, 2.05) is 66.1 Å². The van der Waals surface area contributed by atoms with Gasteiger partial charge in [-0.2, -0.15) is 4.98 Å². The van der Waals surface area contributed by atoms with E-state index in [1.54, 1.807) is 58.7 Å². The summed E-state index contributed by atoms with van der Waals surface area (Å²) in [5.74, 6) is 6.59. The Morgan fingerprint density at radius 3 is 1.52 bits per heavy atom. The molecule has 0 spiro atoms. The number of benzene rings is 4. The van der Waals surface area contributed by atoms with Gasteiger partial charge in [-0.15, -0.1) is 0 Å². The van der Waals surface area contributed by atoms with Gasteiger partial charge >= 0.3 is 0 Å². The van der Waals surface area contributed by atoms with Crippen molar-refractivity contribution < 1.29 is 28.7 Å². The molecule has 4 heterocycles.